The van der Waals surface area contributed by atoms with E-state index in [1.807, 2.05) is 95.3 Å². The highest BCUT2D eigenvalue weighted by Crippen LogP contribution is 2.44. The van der Waals surface area contributed by atoms with E-state index in [0.717, 1.165) is 11.1 Å². The molecule has 184 valence electrons. The van der Waals surface area contributed by atoms with Gasteiger partial charge in [-0.25, -0.2) is 9.59 Å². The molecule has 0 unspecified atom stereocenters. The van der Waals surface area contributed by atoms with E-state index in [1.54, 1.807) is 0 Å². The van der Waals surface area contributed by atoms with Gasteiger partial charge < -0.3 is 20.5 Å². The number of hydrogen-bond acceptors (Lipinski definition) is 6. The first-order valence-electron chi connectivity index (χ1n) is 11.2. The van der Waals surface area contributed by atoms with E-state index in [1.165, 1.54) is 25.9 Å². The molecule has 0 atom stereocenters. The number of hydrogen-bond donors (Lipinski definition) is 2. The summed E-state index contributed by atoms with van der Waals surface area (Å²) >= 11 is 1.51. The van der Waals surface area contributed by atoms with E-state index in [9.17, 15) is 9.59 Å². The molecule has 0 radical (unpaired) electrons. The second-order valence-electron chi connectivity index (χ2n) is 7.54. The molecule has 2 aromatic carbocycles. The summed E-state index contributed by atoms with van der Waals surface area (Å²) in [4.78, 5) is 24.8. The number of methoxy groups -OCH3 is 1. The van der Waals surface area contributed by atoms with Crippen LogP contribution in [-0.4, -0.2) is 44.1 Å². The number of carbonyl (C=O) groups is 2. The molecule has 2 rings (SSSR count). The summed E-state index contributed by atoms with van der Waals surface area (Å²) in [5, 5.41) is 2.76. The maximum absolute atomic E-state index is 13.0. The maximum atomic E-state index is 13.0. The van der Waals surface area contributed by atoms with Gasteiger partial charge in [0.05, 0.1) is 7.11 Å². The molecule has 2 aromatic rings. The second-order valence-corrected chi connectivity index (χ2v) is 8.84. The van der Waals surface area contributed by atoms with Crippen molar-refractivity contribution < 1.29 is 19.1 Å². The predicted molar refractivity (Wildman–Crippen MR) is 138 cm³/mol. The number of amides is 1. The van der Waals surface area contributed by atoms with Crippen molar-refractivity contribution in [3.8, 4) is 0 Å². The quantitative estimate of drug-likeness (QED) is 0.394. The Kier molecular flexibility index (Phi) is 14.9. The minimum absolute atomic E-state index is 0.319. The molecule has 0 aromatic heterocycles. The van der Waals surface area contributed by atoms with Crippen LogP contribution in [0.1, 0.15) is 52.2 Å². The number of benzene rings is 2. The van der Waals surface area contributed by atoms with E-state index in [2.05, 4.69) is 11.1 Å². The molecule has 3 N–H and O–H groups in total. The average Bonchev–Trinajstić information content (AvgIpc) is 2.83. The number of carbonyl (C=O) groups excluding carboxylic acids is 2. The van der Waals surface area contributed by atoms with Crippen molar-refractivity contribution in [3.05, 3.63) is 71.8 Å². The van der Waals surface area contributed by atoms with Gasteiger partial charge in [-0.3, -0.25) is 0 Å². The Balaban J connectivity index is 0.00000242. The van der Waals surface area contributed by atoms with Crippen molar-refractivity contribution in [3.63, 3.8) is 0 Å². The van der Waals surface area contributed by atoms with E-state index < -0.39 is 16.4 Å². The molecular formula is C26H40N2O4S. The van der Waals surface area contributed by atoms with Crippen LogP contribution in [0.25, 0.3) is 0 Å². The van der Waals surface area contributed by atoms with Gasteiger partial charge in [-0.05, 0) is 51.1 Å². The zero-order valence-electron chi connectivity index (χ0n) is 21.0. The molecule has 0 saturated heterocycles. The molecule has 0 aliphatic heterocycles. The zero-order valence-corrected chi connectivity index (χ0v) is 21.8. The molecule has 0 fully saturated rings. The van der Waals surface area contributed by atoms with Gasteiger partial charge in [0.25, 0.3) is 0 Å². The minimum atomic E-state index is -0.969. The molecule has 0 saturated carbocycles. The van der Waals surface area contributed by atoms with Gasteiger partial charge in [-0.2, -0.15) is 0 Å². The first-order valence-corrected chi connectivity index (χ1v) is 12.2. The number of nitrogens with one attached hydrogen (secondary N) is 1. The van der Waals surface area contributed by atoms with Crippen LogP contribution < -0.4 is 11.1 Å². The van der Waals surface area contributed by atoms with Crippen LogP contribution >= 0.6 is 11.8 Å². The zero-order chi connectivity index (χ0) is 25.3. The smallest absolute Gasteiger partial charge is 0.407 e. The molecule has 0 spiro atoms. The molecule has 1 amide bonds. The van der Waals surface area contributed by atoms with Crippen LogP contribution in [-0.2, 0) is 19.0 Å². The summed E-state index contributed by atoms with van der Waals surface area (Å²) in [6, 6.07) is 19.3. The van der Waals surface area contributed by atoms with Crippen LogP contribution in [0, 0.1) is 0 Å². The Hall–Kier alpha value is -2.51. The fourth-order valence-electron chi connectivity index (χ4n) is 2.92. The number of thioether (sulfide) groups is 1. The Bertz CT molecular complexity index is 753. The lowest BCUT2D eigenvalue weighted by Gasteiger charge is -2.31. The fourth-order valence-corrected chi connectivity index (χ4v) is 4.32. The molecule has 6 nitrogen and oxygen atoms in total. The van der Waals surface area contributed by atoms with Gasteiger partial charge >= 0.3 is 12.1 Å². The normalized spacial score (nSPS) is 10.5. The van der Waals surface area contributed by atoms with Gasteiger partial charge in [0.2, 0.25) is 0 Å². The molecular weight excluding hydrogens is 436 g/mol. The van der Waals surface area contributed by atoms with Crippen molar-refractivity contribution in [1.82, 2.24) is 5.32 Å². The number of ether oxygens (including phenoxy) is 2. The van der Waals surface area contributed by atoms with Crippen LogP contribution in [0.4, 0.5) is 4.79 Å². The highest BCUT2D eigenvalue weighted by atomic mass is 32.2. The number of nitrogens with two attached hydrogens (primary N) is 1. The molecule has 33 heavy (non-hydrogen) atoms. The number of rotatable bonds is 8. The van der Waals surface area contributed by atoms with Crippen molar-refractivity contribution in [1.29, 1.82) is 0 Å². The number of esters is 1. The molecule has 0 aliphatic rings. The summed E-state index contributed by atoms with van der Waals surface area (Å²) in [6.07, 6.45) is 0.246. The summed E-state index contributed by atoms with van der Waals surface area (Å²) in [7, 11) is 2.91. The first kappa shape index (κ1) is 30.5. The summed E-state index contributed by atoms with van der Waals surface area (Å²) < 4.78 is 9.50. The lowest BCUT2D eigenvalue weighted by molar-refractivity contribution is -0.142. The van der Waals surface area contributed by atoms with E-state index >= 15 is 0 Å². The van der Waals surface area contributed by atoms with Gasteiger partial charge in [0.1, 0.15) is 5.60 Å². The second kappa shape index (κ2) is 16.2. The Morgan fingerprint density at radius 3 is 1.76 bits per heavy atom. The van der Waals surface area contributed by atoms with Crippen LogP contribution in [0.15, 0.2) is 60.7 Å². The van der Waals surface area contributed by atoms with E-state index in [-0.39, 0.29) is 5.97 Å². The fraction of sp³-hybridized carbons (Fsp3) is 0.462. The van der Waals surface area contributed by atoms with Crippen molar-refractivity contribution in [2.75, 3.05) is 26.5 Å². The van der Waals surface area contributed by atoms with Crippen LogP contribution in [0.2, 0.25) is 0 Å². The SMILES string of the molecule is CC.CN.COC(=O)C(SCCCNC(=O)OC(C)(C)C)(c1ccccc1)c1ccccc1. The van der Waals surface area contributed by atoms with E-state index in [0.29, 0.717) is 18.7 Å². The maximum Gasteiger partial charge on any atom is 0.407 e. The third-order valence-corrected chi connectivity index (χ3v) is 5.71. The summed E-state index contributed by atoms with van der Waals surface area (Å²) in [6.45, 7) is 9.94. The lowest BCUT2D eigenvalue weighted by atomic mass is 9.90. The molecule has 0 heterocycles. The monoisotopic (exact) mass is 476 g/mol. The first-order chi connectivity index (χ1) is 15.8. The highest BCUT2D eigenvalue weighted by molar-refractivity contribution is 8.01. The van der Waals surface area contributed by atoms with Gasteiger partial charge in [-0.15, -0.1) is 11.8 Å². The Morgan fingerprint density at radius 2 is 1.36 bits per heavy atom. The van der Waals surface area contributed by atoms with Crippen molar-refractivity contribution >= 4 is 23.8 Å². The number of alkyl carbamates (subject to hydrolysis) is 1. The summed E-state index contributed by atoms with van der Waals surface area (Å²) in [5.41, 5.74) is 5.70. The topological polar surface area (TPSA) is 90.6 Å². The van der Waals surface area contributed by atoms with E-state index in [4.69, 9.17) is 9.47 Å². The lowest BCUT2D eigenvalue weighted by Crippen LogP contribution is -2.36. The predicted octanol–water partition coefficient (Wildman–Crippen LogP) is 5.35. The third-order valence-electron chi connectivity index (χ3n) is 4.14. The van der Waals surface area contributed by atoms with Gasteiger partial charge in [-0.1, -0.05) is 74.5 Å². The molecule has 0 aliphatic carbocycles. The Labute approximate surface area is 203 Å². The van der Waals surface area contributed by atoms with Crippen molar-refractivity contribution in [2.45, 2.75) is 51.4 Å². The van der Waals surface area contributed by atoms with Gasteiger partial charge in [0, 0.05) is 6.54 Å². The largest absolute Gasteiger partial charge is 0.467 e. The van der Waals surface area contributed by atoms with Crippen molar-refractivity contribution in [2.24, 2.45) is 5.73 Å². The van der Waals surface area contributed by atoms with Gasteiger partial charge in [0.15, 0.2) is 4.75 Å². The standard InChI is InChI=1S/C23H29NO4S.C2H6.CH5N/c1-22(2,3)28-21(26)24-16-11-17-29-23(20(25)27-4,18-12-7-5-8-13-18)19-14-9-6-10-15-19;2*1-2/h5-10,12-15H,11,16-17H2,1-4H3,(H,24,26);1-2H3;2H2,1H3. The van der Waals surface area contributed by atoms with Crippen LogP contribution in [0.5, 0.6) is 0 Å². The average molecular weight is 477 g/mol. The summed E-state index contributed by atoms with van der Waals surface area (Å²) in [5.74, 6) is 0.328. The van der Waals surface area contributed by atoms with Crippen LogP contribution in [0.3, 0.4) is 0 Å². The molecule has 0 bridgehead atoms. The highest BCUT2D eigenvalue weighted by Gasteiger charge is 2.43. The molecule has 7 heteroatoms. The Morgan fingerprint density at radius 1 is 0.909 bits per heavy atom. The third kappa shape index (κ3) is 9.88. The minimum Gasteiger partial charge on any atom is -0.467 e.